The number of nitrogens with two attached hydrogens (primary N) is 1. The Morgan fingerprint density at radius 1 is 1.06 bits per heavy atom. The zero-order chi connectivity index (χ0) is 35.1. The summed E-state index contributed by atoms with van der Waals surface area (Å²) in [7, 11) is -7.69. The van der Waals surface area contributed by atoms with Crippen LogP contribution in [-0.2, 0) is 33.8 Å². The molecular weight excluding hydrogens is 724 g/mol. The number of carboxylic acid groups (broad SMARTS) is 1. The van der Waals surface area contributed by atoms with E-state index in [9.17, 15) is 21.6 Å². The number of carboxylic acids is 1. The smallest absolute Gasteiger partial charge is 0.444 e. The van der Waals surface area contributed by atoms with Crippen molar-refractivity contribution in [3.8, 4) is 11.7 Å². The Kier molecular flexibility index (Phi) is 11.7. The molecule has 0 radical (unpaired) electrons. The number of rotatable bonds is 15. The number of nitrogen functional groups attached to an aromatic ring is 1. The molecule has 0 amide bonds. The number of azo groups is 1. The first-order valence-corrected chi connectivity index (χ1v) is 16.8. The number of ether oxygens (including phenoxy) is 1. The Morgan fingerprint density at radius 2 is 1.77 bits per heavy atom. The van der Waals surface area contributed by atoms with Gasteiger partial charge in [0, 0.05) is 5.69 Å². The molecule has 24 heteroatoms. The van der Waals surface area contributed by atoms with Gasteiger partial charge < -0.3 is 20.9 Å². The molecule has 0 bridgehead atoms. The number of pyridine rings is 1. The van der Waals surface area contributed by atoms with Gasteiger partial charge in [0.15, 0.2) is 9.84 Å². The average molecular weight is 746 g/mol. The summed E-state index contributed by atoms with van der Waals surface area (Å²) >= 11 is 6.65. The summed E-state index contributed by atoms with van der Waals surface area (Å²) in [6, 6.07) is 8.96. The second-order valence-electron chi connectivity index (χ2n) is 8.89. The van der Waals surface area contributed by atoms with Crippen LogP contribution in [0.4, 0.5) is 28.7 Å². The number of hydrogen-bond acceptors (Lipinski definition) is 18. The summed E-state index contributed by atoms with van der Waals surface area (Å²) in [5.74, 6) is -1.93. The van der Waals surface area contributed by atoms with Gasteiger partial charge in [0.2, 0.25) is 0 Å². The van der Waals surface area contributed by atoms with Crippen LogP contribution >= 0.6 is 23.6 Å². The van der Waals surface area contributed by atoms with E-state index in [0.717, 1.165) is 6.07 Å². The molecule has 48 heavy (non-hydrogen) atoms. The van der Waals surface area contributed by atoms with Crippen LogP contribution in [0.1, 0.15) is 10.4 Å². The van der Waals surface area contributed by atoms with Crippen molar-refractivity contribution in [2.45, 2.75) is 9.79 Å². The van der Waals surface area contributed by atoms with Crippen LogP contribution in [0.2, 0.25) is 5.28 Å². The summed E-state index contributed by atoms with van der Waals surface area (Å²) in [6.07, 6.45) is 2.80. The third-order valence-electron chi connectivity index (χ3n) is 5.79. The number of nitrogens with zero attached hydrogens (tertiary/aromatic N) is 6. The third-order valence-corrected chi connectivity index (χ3v) is 8.76. The highest BCUT2D eigenvalue weighted by atomic mass is 35.5. The predicted octanol–water partition coefficient (Wildman–Crippen LogP) is 3.27. The standard InChI is InChI=1S/C24H21ClN8O12S3/c1-42-19-3-2-14(47(37,38)9-8-43-48(39,40)41)10-18(19)32-31-17-12-20(46-45-44-36)15(26)11-16(17)27-23-28-22(25)29-24(30-23)33-6-4-13(5-7-33)21(34)35/h2-7,10-12H,8-9H2,1H3,(H5-,26,27,28,29,30,32,34,35,36,39,40,41)/p+1. The van der Waals surface area contributed by atoms with Crippen LogP contribution in [0.15, 0.2) is 74.9 Å². The predicted molar refractivity (Wildman–Crippen MR) is 165 cm³/mol. The highest BCUT2D eigenvalue weighted by Gasteiger charge is 2.21. The van der Waals surface area contributed by atoms with Crippen molar-refractivity contribution in [3.63, 3.8) is 0 Å². The lowest BCUT2D eigenvalue weighted by Crippen LogP contribution is -2.33. The zero-order valence-electron chi connectivity index (χ0n) is 24.0. The summed E-state index contributed by atoms with van der Waals surface area (Å²) in [4.78, 5) is 23.5. The number of methoxy groups -OCH3 is 1. The minimum absolute atomic E-state index is 0.0102. The van der Waals surface area contributed by atoms with Crippen molar-refractivity contribution < 1.29 is 59.4 Å². The summed E-state index contributed by atoms with van der Waals surface area (Å²) in [5.41, 5.74) is 6.33. The molecule has 2 aromatic carbocycles. The minimum Gasteiger partial charge on any atom is -0.494 e. The number of benzene rings is 2. The van der Waals surface area contributed by atoms with Crippen LogP contribution in [0.3, 0.4) is 0 Å². The van der Waals surface area contributed by atoms with Gasteiger partial charge in [-0.15, -0.1) is 14.6 Å². The Balaban J connectivity index is 1.72. The van der Waals surface area contributed by atoms with Crippen molar-refractivity contribution in [2.75, 3.05) is 30.5 Å². The van der Waals surface area contributed by atoms with Crippen molar-refractivity contribution in [2.24, 2.45) is 10.2 Å². The van der Waals surface area contributed by atoms with E-state index < -0.39 is 38.6 Å². The molecule has 4 rings (SSSR count). The molecule has 0 spiro atoms. The SMILES string of the molecule is COc1ccc(S(=O)(=O)CCOS(=O)(=O)O)cc1N=Nc1cc(SOOO)c(N)cc1Nc1nc(Cl)nc(-[n+]2ccc(C(=O)O)cc2)n1. The number of halogens is 1. The summed E-state index contributed by atoms with van der Waals surface area (Å²) < 4.78 is 71.1. The first kappa shape index (κ1) is 36.2. The second-order valence-corrected chi connectivity index (χ2v) is 13.2. The lowest BCUT2D eigenvalue weighted by molar-refractivity contribution is -0.603. The van der Waals surface area contributed by atoms with Gasteiger partial charge in [0.05, 0.1) is 64.9 Å². The first-order chi connectivity index (χ1) is 22.7. The number of hydrogen-bond donors (Lipinski definition) is 5. The molecule has 0 atom stereocenters. The van der Waals surface area contributed by atoms with Gasteiger partial charge in [-0.25, -0.2) is 27.2 Å². The Hall–Kier alpha value is -4.59. The largest absolute Gasteiger partial charge is 0.494 e. The summed E-state index contributed by atoms with van der Waals surface area (Å²) in [6.45, 7) is -0.848. The van der Waals surface area contributed by atoms with Crippen LogP contribution in [0.25, 0.3) is 5.95 Å². The van der Waals surface area contributed by atoms with Crippen molar-refractivity contribution in [1.29, 1.82) is 0 Å². The van der Waals surface area contributed by atoms with Crippen LogP contribution in [0, 0.1) is 0 Å². The topological polar surface area (TPSA) is 288 Å². The minimum atomic E-state index is -4.86. The van der Waals surface area contributed by atoms with E-state index in [1.54, 1.807) is 0 Å². The maximum absolute atomic E-state index is 12.8. The number of anilines is 3. The van der Waals surface area contributed by atoms with Gasteiger partial charge in [-0.3, -0.25) is 4.55 Å². The highest BCUT2D eigenvalue weighted by Crippen LogP contribution is 2.39. The number of aromatic nitrogens is 4. The molecule has 0 aliphatic heterocycles. The maximum atomic E-state index is 12.8. The van der Waals surface area contributed by atoms with E-state index >= 15 is 0 Å². The normalized spacial score (nSPS) is 11.9. The van der Waals surface area contributed by atoms with Gasteiger partial charge in [-0.2, -0.15) is 13.4 Å². The molecule has 0 aliphatic rings. The van der Waals surface area contributed by atoms with Gasteiger partial charge in [0.25, 0.3) is 0 Å². The molecule has 2 aromatic heterocycles. The molecule has 6 N–H and O–H groups in total. The van der Waals surface area contributed by atoms with Gasteiger partial charge in [0.1, 0.15) is 17.1 Å². The zero-order valence-corrected chi connectivity index (χ0v) is 27.2. The van der Waals surface area contributed by atoms with Gasteiger partial charge in [-0.1, -0.05) is 5.04 Å². The number of carbonyl (C=O) groups is 1. The van der Waals surface area contributed by atoms with Crippen LogP contribution < -0.4 is 20.4 Å². The summed E-state index contributed by atoms with van der Waals surface area (Å²) in [5, 5.41) is 32.4. The Labute approximate surface area is 280 Å². The van der Waals surface area contributed by atoms with E-state index in [1.165, 1.54) is 60.5 Å². The molecule has 0 fully saturated rings. The van der Waals surface area contributed by atoms with E-state index in [-0.39, 0.29) is 61.0 Å². The number of sulfone groups is 1. The number of aromatic carboxylic acids is 1. The molecule has 4 aromatic rings. The molecule has 20 nitrogen and oxygen atoms in total. The average Bonchev–Trinajstić information content (AvgIpc) is 3.02. The molecule has 0 saturated heterocycles. The lowest BCUT2D eigenvalue weighted by Gasteiger charge is -2.11. The molecular formula is C24H22ClN8O12S3+. The number of nitrogens with one attached hydrogen (secondary N) is 1. The molecule has 2 heterocycles. The van der Waals surface area contributed by atoms with E-state index in [2.05, 4.69) is 44.1 Å². The van der Waals surface area contributed by atoms with Crippen LogP contribution in [0.5, 0.6) is 5.75 Å². The van der Waals surface area contributed by atoms with Gasteiger partial charge in [-0.05, 0) is 64.0 Å². The first-order valence-electron chi connectivity index (χ1n) is 12.7. The molecule has 0 unspecified atom stereocenters. The maximum Gasteiger partial charge on any atom is 0.444 e. The van der Waals surface area contributed by atoms with Gasteiger partial charge >= 0.3 is 33.5 Å². The quantitative estimate of drug-likeness (QED) is 0.0222. The van der Waals surface area contributed by atoms with E-state index in [4.69, 9.17) is 37.0 Å². The Morgan fingerprint density at radius 3 is 2.42 bits per heavy atom. The third kappa shape index (κ3) is 9.72. The second kappa shape index (κ2) is 15.5. The molecule has 254 valence electrons. The van der Waals surface area contributed by atoms with E-state index in [1.807, 2.05) is 0 Å². The van der Waals surface area contributed by atoms with Crippen molar-refractivity contribution in [1.82, 2.24) is 15.0 Å². The fourth-order valence-electron chi connectivity index (χ4n) is 3.64. The molecule has 0 saturated carbocycles. The van der Waals surface area contributed by atoms with Crippen molar-refractivity contribution in [3.05, 3.63) is 65.7 Å². The fraction of sp³-hybridized carbons (Fsp3) is 0.125. The Bertz CT molecular complexity index is 2070. The van der Waals surface area contributed by atoms with Crippen molar-refractivity contribution >= 4 is 78.5 Å². The lowest BCUT2D eigenvalue weighted by atomic mass is 10.2. The monoisotopic (exact) mass is 745 g/mol. The highest BCUT2D eigenvalue weighted by molar-refractivity contribution is 7.94. The fourth-order valence-corrected chi connectivity index (χ4v) is 5.72. The van der Waals surface area contributed by atoms with E-state index in [0.29, 0.717) is 12.0 Å². The molecule has 0 aliphatic carbocycles. The van der Waals surface area contributed by atoms with Crippen LogP contribution in [-0.4, -0.2) is 72.1 Å².